The van der Waals surface area contributed by atoms with Crippen LogP contribution in [0.4, 0.5) is 13.2 Å². The van der Waals surface area contributed by atoms with E-state index in [1.54, 1.807) is 0 Å². The molecule has 7 atom stereocenters. The van der Waals surface area contributed by atoms with Gasteiger partial charge in [0.25, 0.3) is 0 Å². The average Bonchev–Trinajstić information content (AvgIpc) is 3.31. The second-order valence-corrected chi connectivity index (χ2v) is 11.1. The van der Waals surface area contributed by atoms with Crippen molar-refractivity contribution in [1.29, 1.82) is 0 Å². The Morgan fingerprint density at radius 1 is 1.12 bits per heavy atom. The van der Waals surface area contributed by atoms with Crippen LogP contribution in [0.2, 0.25) is 0 Å². The summed E-state index contributed by atoms with van der Waals surface area (Å²) in [5.41, 5.74) is -1.86. The minimum Gasteiger partial charge on any atom is -0.385 e. The molecule has 1 spiro atoms. The van der Waals surface area contributed by atoms with Gasteiger partial charge in [-0.1, -0.05) is 26.0 Å². The first-order valence-corrected chi connectivity index (χ1v) is 12.6. The van der Waals surface area contributed by atoms with E-state index in [2.05, 4.69) is 19.2 Å². The van der Waals surface area contributed by atoms with Gasteiger partial charge in [0.2, 0.25) is 5.91 Å². The Bertz CT molecular complexity index is 923. The molecule has 8 heteroatoms. The number of amides is 1. The number of halogens is 3. The fraction of sp³-hybridized carbons (Fsp3) is 0.731. The van der Waals surface area contributed by atoms with Crippen molar-refractivity contribution in [2.45, 2.75) is 82.3 Å². The van der Waals surface area contributed by atoms with Crippen LogP contribution in [-0.2, 0) is 21.3 Å². The number of hydrogen-bond acceptors (Lipinski definition) is 4. The van der Waals surface area contributed by atoms with Gasteiger partial charge in [0.15, 0.2) is 0 Å². The van der Waals surface area contributed by atoms with Gasteiger partial charge in [-0.2, -0.15) is 13.2 Å². The van der Waals surface area contributed by atoms with Gasteiger partial charge in [-0.15, -0.1) is 0 Å². The largest absolute Gasteiger partial charge is 0.416 e. The number of carbonyl (C=O) groups excluding carboxylic acids is 1. The van der Waals surface area contributed by atoms with Crippen LogP contribution in [0.15, 0.2) is 24.3 Å². The third kappa shape index (κ3) is 3.95. The Kier molecular flexibility index (Phi) is 6.01. The molecule has 0 bridgehead atoms. The number of piperidine rings is 1. The number of benzene rings is 1. The summed E-state index contributed by atoms with van der Waals surface area (Å²) in [5.74, 6) is 0.732. The van der Waals surface area contributed by atoms with E-state index in [0.717, 1.165) is 51.0 Å². The van der Waals surface area contributed by atoms with Crippen molar-refractivity contribution in [3.05, 3.63) is 35.4 Å². The maximum Gasteiger partial charge on any atom is 0.416 e. The van der Waals surface area contributed by atoms with E-state index >= 15 is 0 Å². The van der Waals surface area contributed by atoms with Gasteiger partial charge in [-0.05, 0) is 61.6 Å². The van der Waals surface area contributed by atoms with Gasteiger partial charge in [0, 0.05) is 37.7 Å². The molecule has 188 valence electrons. The van der Waals surface area contributed by atoms with E-state index in [1.807, 2.05) is 4.90 Å². The second kappa shape index (κ2) is 8.49. The third-order valence-electron chi connectivity index (χ3n) is 9.24. The van der Waals surface area contributed by atoms with Gasteiger partial charge < -0.3 is 20.1 Å². The zero-order chi connectivity index (χ0) is 24.3. The van der Waals surface area contributed by atoms with Crippen LogP contribution in [0.25, 0.3) is 0 Å². The van der Waals surface area contributed by atoms with E-state index < -0.39 is 22.8 Å². The molecule has 34 heavy (non-hydrogen) atoms. The molecule has 5 nitrogen and oxygen atoms in total. The van der Waals surface area contributed by atoms with E-state index in [9.17, 15) is 23.1 Å². The number of hydrogen-bond donors (Lipinski definition) is 2. The molecule has 0 aromatic heterocycles. The number of nitrogens with one attached hydrogen (secondary N) is 1. The van der Waals surface area contributed by atoms with Crippen molar-refractivity contribution in [3.8, 4) is 0 Å². The van der Waals surface area contributed by atoms with Gasteiger partial charge in [-0.3, -0.25) is 4.79 Å². The van der Waals surface area contributed by atoms with Gasteiger partial charge in [0.05, 0.1) is 23.2 Å². The van der Waals surface area contributed by atoms with Crippen LogP contribution in [-0.4, -0.2) is 53.8 Å². The molecule has 0 radical (unpaired) electrons. The summed E-state index contributed by atoms with van der Waals surface area (Å²) in [6.45, 7) is 6.30. The molecule has 3 heterocycles. The quantitative estimate of drug-likeness (QED) is 0.684. The van der Waals surface area contributed by atoms with E-state index in [4.69, 9.17) is 4.74 Å². The predicted molar refractivity (Wildman–Crippen MR) is 121 cm³/mol. The number of aliphatic hydroxyl groups is 1. The first-order valence-electron chi connectivity index (χ1n) is 12.6. The maximum absolute atomic E-state index is 13.7. The fourth-order valence-corrected chi connectivity index (χ4v) is 7.07. The van der Waals surface area contributed by atoms with Crippen LogP contribution in [0.5, 0.6) is 0 Å². The summed E-state index contributed by atoms with van der Waals surface area (Å²) in [5, 5.41) is 15.3. The highest BCUT2D eigenvalue weighted by atomic mass is 19.4. The molecule has 6 unspecified atom stereocenters. The third-order valence-corrected chi connectivity index (χ3v) is 9.24. The summed E-state index contributed by atoms with van der Waals surface area (Å²) in [4.78, 5) is 15.6. The van der Waals surface area contributed by atoms with Crippen molar-refractivity contribution in [3.63, 3.8) is 0 Å². The normalized spacial score (nSPS) is 40.7. The van der Waals surface area contributed by atoms with Crippen LogP contribution < -0.4 is 5.32 Å². The molecule has 4 aliphatic rings. The Morgan fingerprint density at radius 2 is 1.85 bits per heavy atom. The number of fused-ring (bicyclic) bond motifs is 1. The Labute approximate surface area is 199 Å². The van der Waals surface area contributed by atoms with E-state index in [1.165, 1.54) is 12.1 Å². The molecule has 5 rings (SSSR count). The number of alkyl halides is 3. The number of carbonyl (C=O) groups is 1. The lowest BCUT2D eigenvalue weighted by Gasteiger charge is -2.42. The maximum atomic E-state index is 13.7. The number of ether oxygens (including phenoxy) is 1. The van der Waals surface area contributed by atoms with Crippen LogP contribution in [0.1, 0.15) is 63.5 Å². The second-order valence-electron chi connectivity index (χ2n) is 11.1. The molecular formula is C26H35F3N2O3. The summed E-state index contributed by atoms with van der Waals surface area (Å²) in [6.07, 6.45) is -0.102. The van der Waals surface area contributed by atoms with Crippen molar-refractivity contribution >= 4 is 5.91 Å². The van der Waals surface area contributed by atoms with Crippen molar-refractivity contribution < 1.29 is 27.8 Å². The van der Waals surface area contributed by atoms with E-state index in [0.29, 0.717) is 43.0 Å². The average molecular weight is 481 g/mol. The zero-order valence-corrected chi connectivity index (χ0v) is 19.9. The summed E-state index contributed by atoms with van der Waals surface area (Å²) in [6, 6.07) is 5.46. The highest BCUT2D eigenvalue weighted by Gasteiger charge is 2.62. The predicted octanol–water partition coefficient (Wildman–Crippen LogP) is 4.09. The number of nitrogens with zero attached hydrogens (tertiary/aromatic N) is 1. The van der Waals surface area contributed by atoms with Crippen molar-refractivity contribution in [2.75, 3.05) is 19.8 Å². The molecule has 1 aromatic rings. The SMILES string of the molecule is CC1COCCC1NC1CC[C@@]2(C1)C(=O)N1CCC(O)(c3ccc(C(F)(F)F)cc3)CC1C2C. The Hall–Kier alpha value is -1.64. The standard InChI is InChI=1S/C26H35F3N2O3/c1-16-15-34-12-8-21(16)30-20-7-9-24(13-20)17(2)22-14-25(33,10-11-31(22)23(24)32)18-3-5-19(6-4-18)26(27,28)29/h3-6,16-17,20-22,30,33H,7-15H2,1-2H3/t16?,17?,20?,21?,22?,24-,25?/m0/s1. The minimum atomic E-state index is -4.40. The van der Waals surface area contributed by atoms with Crippen LogP contribution in [0.3, 0.4) is 0 Å². The van der Waals surface area contributed by atoms with Crippen molar-refractivity contribution in [2.24, 2.45) is 17.3 Å². The van der Waals surface area contributed by atoms with Crippen molar-refractivity contribution in [1.82, 2.24) is 10.2 Å². The molecule has 3 aliphatic heterocycles. The lowest BCUT2D eigenvalue weighted by Crippen LogP contribution is -2.48. The molecule has 4 fully saturated rings. The molecule has 1 amide bonds. The Balaban J connectivity index is 1.30. The van der Waals surface area contributed by atoms with Crippen LogP contribution >= 0.6 is 0 Å². The number of rotatable bonds is 3. The van der Waals surface area contributed by atoms with Crippen LogP contribution in [0, 0.1) is 17.3 Å². The highest BCUT2D eigenvalue weighted by Crippen LogP contribution is 2.56. The van der Waals surface area contributed by atoms with Gasteiger partial charge in [-0.25, -0.2) is 0 Å². The summed E-state index contributed by atoms with van der Waals surface area (Å²) in [7, 11) is 0. The van der Waals surface area contributed by atoms with E-state index in [-0.39, 0.29) is 17.9 Å². The molecule has 2 N–H and O–H groups in total. The van der Waals surface area contributed by atoms with Gasteiger partial charge >= 0.3 is 6.18 Å². The smallest absolute Gasteiger partial charge is 0.385 e. The Morgan fingerprint density at radius 3 is 2.53 bits per heavy atom. The molecule has 3 saturated heterocycles. The highest BCUT2D eigenvalue weighted by molar-refractivity contribution is 5.86. The fourth-order valence-electron chi connectivity index (χ4n) is 7.07. The minimum absolute atomic E-state index is 0.0835. The topological polar surface area (TPSA) is 61.8 Å². The molecule has 1 aliphatic carbocycles. The molecular weight excluding hydrogens is 445 g/mol. The monoisotopic (exact) mass is 480 g/mol. The first kappa shape index (κ1) is 24.1. The lowest BCUT2D eigenvalue weighted by molar-refractivity contribution is -0.141. The lowest BCUT2D eigenvalue weighted by atomic mass is 9.71. The summed E-state index contributed by atoms with van der Waals surface area (Å²) >= 11 is 0. The zero-order valence-electron chi connectivity index (χ0n) is 19.9. The van der Waals surface area contributed by atoms with Gasteiger partial charge in [0.1, 0.15) is 0 Å². The molecule has 1 aromatic carbocycles. The summed E-state index contributed by atoms with van der Waals surface area (Å²) < 4.78 is 44.5. The molecule has 1 saturated carbocycles. The first-order chi connectivity index (χ1) is 16.0.